The molecule has 0 saturated heterocycles. The molecule has 0 fully saturated rings. The molecule has 8 heteroatoms. The van der Waals surface area contributed by atoms with Gasteiger partial charge in [0.2, 0.25) is 5.67 Å². The summed E-state index contributed by atoms with van der Waals surface area (Å²) in [6, 6.07) is 13.6. The second-order valence-corrected chi connectivity index (χ2v) is 9.20. The van der Waals surface area contributed by atoms with Gasteiger partial charge >= 0.3 is 12.1 Å². The Morgan fingerprint density at radius 1 is 1.16 bits per heavy atom. The van der Waals surface area contributed by atoms with Gasteiger partial charge in [0.05, 0.1) is 5.69 Å². The van der Waals surface area contributed by atoms with Crippen molar-refractivity contribution in [2.75, 3.05) is 4.90 Å². The van der Waals surface area contributed by atoms with Gasteiger partial charge in [-0.3, -0.25) is 4.79 Å². The highest BCUT2D eigenvalue weighted by molar-refractivity contribution is 9.10. The van der Waals surface area contributed by atoms with Crippen LogP contribution < -0.4 is 4.90 Å². The number of hydrogen-bond donors (Lipinski definition) is 0. The molecule has 1 aliphatic rings. The Morgan fingerprint density at radius 3 is 2.50 bits per heavy atom. The molecule has 0 aromatic heterocycles. The molecule has 3 rings (SSSR count). The number of carbonyl (C=O) groups excluding carboxylic acids is 3. The summed E-state index contributed by atoms with van der Waals surface area (Å²) < 4.78 is 26.9. The van der Waals surface area contributed by atoms with Crippen LogP contribution in [0.25, 0.3) is 0 Å². The van der Waals surface area contributed by atoms with E-state index < -0.39 is 35.7 Å². The topological polar surface area (TPSA) is 72.9 Å². The number of imide groups is 1. The predicted octanol–water partition coefficient (Wildman–Crippen LogP) is 5.59. The third kappa shape index (κ3) is 5.24. The van der Waals surface area contributed by atoms with E-state index in [1.807, 2.05) is 30.3 Å². The van der Waals surface area contributed by atoms with Crippen molar-refractivity contribution in [3.05, 3.63) is 76.3 Å². The van der Waals surface area contributed by atoms with Crippen molar-refractivity contribution in [2.45, 2.75) is 45.1 Å². The van der Waals surface area contributed by atoms with Crippen molar-refractivity contribution in [3.63, 3.8) is 0 Å². The van der Waals surface area contributed by atoms with Gasteiger partial charge < -0.3 is 9.47 Å². The second kappa shape index (κ2) is 9.24. The van der Waals surface area contributed by atoms with Gasteiger partial charge in [0.1, 0.15) is 12.2 Å². The Labute approximate surface area is 194 Å². The van der Waals surface area contributed by atoms with Crippen LogP contribution in [-0.4, -0.2) is 23.6 Å². The van der Waals surface area contributed by atoms with Crippen LogP contribution in [0.2, 0.25) is 0 Å². The van der Waals surface area contributed by atoms with Crippen LogP contribution in [0.4, 0.5) is 14.9 Å². The number of ether oxygens (including phenoxy) is 2. The number of anilines is 1. The van der Waals surface area contributed by atoms with Crippen LogP contribution in [-0.2, 0) is 31.3 Å². The van der Waals surface area contributed by atoms with Gasteiger partial charge in [0.15, 0.2) is 0 Å². The third-order valence-electron chi connectivity index (χ3n) is 4.62. The fourth-order valence-corrected chi connectivity index (χ4v) is 3.56. The molecule has 1 atom stereocenters. The molecule has 0 radical (unpaired) electrons. The molecule has 0 unspecified atom stereocenters. The largest absolute Gasteiger partial charge is 0.458 e. The maximum absolute atomic E-state index is 16.0. The van der Waals surface area contributed by atoms with Crippen molar-refractivity contribution in [1.29, 1.82) is 0 Å². The average Bonchev–Trinajstić information content (AvgIpc) is 2.92. The lowest BCUT2D eigenvalue weighted by atomic mass is 9.93. The number of esters is 1. The Hall–Kier alpha value is -3.00. The zero-order chi connectivity index (χ0) is 23.5. The van der Waals surface area contributed by atoms with Crippen LogP contribution in [0.1, 0.15) is 38.3 Å². The van der Waals surface area contributed by atoms with E-state index >= 15 is 4.39 Å². The summed E-state index contributed by atoms with van der Waals surface area (Å²) in [6.07, 6.45) is 0.898. The number of fused-ring (bicyclic) bond motifs is 1. The highest BCUT2D eigenvalue weighted by Gasteiger charge is 2.54. The quantitative estimate of drug-likeness (QED) is 0.393. The first-order valence-corrected chi connectivity index (χ1v) is 10.7. The highest BCUT2D eigenvalue weighted by Crippen LogP contribution is 2.47. The molecular formula is C24H23BrFNO5. The molecular weight excluding hydrogens is 481 g/mol. The van der Waals surface area contributed by atoms with Crippen LogP contribution >= 0.6 is 15.9 Å². The van der Waals surface area contributed by atoms with E-state index in [0.29, 0.717) is 9.37 Å². The summed E-state index contributed by atoms with van der Waals surface area (Å²) in [6.45, 7) is 5.03. The number of halogens is 2. The fourth-order valence-electron chi connectivity index (χ4n) is 3.21. The predicted molar refractivity (Wildman–Crippen MR) is 121 cm³/mol. The number of alkyl halides is 1. The molecule has 6 nitrogen and oxygen atoms in total. The summed E-state index contributed by atoms with van der Waals surface area (Å²) >= 11 is 3.28. The van der Waals surface area contributed by atoms with Crippen molar-refractivity contribution in [1.82, 2.24) is 0 Å². The number of nitrogens with zero attached hydrogens (tertiary/aromatic N) is 1. The zero-order valence-electron chi connectivity index (χ0n) is 17.9. The van der Waals surface area contributed by atoms with E-state index in [4.69, 9.17) is 9.47 Å². The molecule has 2 aromatic carbocycles. The van der Waals surface area contributed by atoms with E-state index in [-0.39, 0.29) is 17.9 Å². The third-order valence-corrected chi connectivity index (χ3v) is 5.12. The van der Waals surface area contributed by atoms with Crippen LogP contribution in [0, 0.1) is 0 Å². The molecule has 2 aromatic rings. The standard InChI is InChI=1S/C24H23BrFNO5/c1-23(2,3)32-22(30)27-19-14-17(25)11-12-18(19)24(26,21(27)29)13-7-10-20(28)31-15-16-8-5-4-6-9-16/h4-12,14H,13,15H2,1-3H3/b10-7+/t24-/m1/s1. The molecule has 2 amide bonds. The van der Waals surface area contributed by atoms with E-state index in [9.17, 15) is 14.4 Å². The molecule has 0 bridgehead atoms. The van der Waals surface area contributed by atoms with Crippen LogP contribution in [0.5, 0.6) is 0 Å². The zero-order valence-corrected chi connectivity index (χ0v) is 19.5. The second-order valence-electron chi connectivity index (χ2n) is 8.28. The lowest BCUT2D eigenvalue weighted by molar-refractivity contribution is -0.139. The van der Waals surface area contributed by atoms with Gasteiger partial charge in [-0.25, -0.2) is 18.9 Å². The van der Waals surface area contributed by atoms with E-state index in [2.05, 4.69) is 15.9 Å². The molecule has 1 aliphatic heterocycles. The van der Waals surface area contributed by atoms with Crippen molar-refractivity contribution in [3.8, 4) is 0 Å². The maximum Gasteiger partial charge on any atom is 0.421 e. The first-order valence-electron chi connectivity index (χ1n) is 9.95. The Balaban J connectivity index is 1.77. The van der Waals surface area contributed by atoms with Crippen molar-refractivity contribution < 1.29 is 28.2 Å². The lowest BCUT2D eigenvalue weighted by Gasteiger charge is -2.24. The summed E-state index contributed by atoms with van der Waals surface area (Å²) in [5.74, 6) is -1.73. The van der Waals surface area contributed by atoms with Gasteiger partial charge in [-0.2, -0.15) is 0 Å². The number of rotatable bonds is 5. The number of hydrogen-bond acceptors (Lipinski definition) is 5. The summed E-state index contributed by atoms with van der Waals surface area (Å²) in [4.78, 5) is 38.3. The lowest BCUT2D eigenvalue weighted by Crippen LogP contribution is -2.43. The number of carbonyl (C=O) groups is 3. The summed E-state index contributed by atoms with van der Waals surface area (Å²) in [5, 5.41) is 0. The minimum absolute atomic E-state index is 0.0267. The molecule has 0 spiro atoms. The molecule has 0 saturated carbocycles. The van der Waals surface area contributed by atoms with Gasteiger partial charge in [0.25, 0.3) is 5.91 Å². The molecule has 0 aliphatic carbocycles. The van der Waals surface area contributed by atoms with Gasteiger partial charge in [-0.15, -0.1) is 0 Å². The van der Waals surface area contributed by atoms with E-state index in [0.717, 1.165) is 11.6 Å². The maximum atomic E-state index is 16.0. The monoisotopic (exact) mass is 503 g/mol. The van der Waals surface area contributed by atoms with Gasteiger partial charge in [-0.1, -0.05) is 58.4 Å². The highest BCUT2D eigenvalue weighted by atomic mass is 79.9. The number of amides is 2. The van der Waals surface area contributed by atoms with Gasteiger partial charge in [0, 0.05) is 22.5 Å². The Kier molecular flexibility index (Phi) is 6.83. The Morgan fingerprint density at radius 2 is 1.84 bits per heavy atom. The van der Waals surface area contributed by atoms with E-state index in [1.165, 1.54) is 18.2 Å². The minimum atomic E-state index is -2.52. The number of benzene rings is 2. The minimum Gasteiger partial charge on any atom is -0.458 e. The SMILES string of the molecule is CC(C)(C)OC(=O)N1C(=O)[C@@](F)(C/C=C/C(=O)OCc2ccccc2)c2ccc(Br)cc21. The van der Waals surface area contributed by atoms with E-state index in [1.54, 1.807) is 26.8 Å². The normalized spacial score (nSPS) is 18.0. The molecule has 168 valence electrons. The summed E-state index contributed by atoms with van der Waals surface area (Å²) in [7, 11) is 0. The van der Waals surface area contributed by atoms with Crippen LogP contribution in [0.3, 0.4) is 0 Å². The van der Waals surface area contributed by atoms with Gasteiger partial charge in [-0.05, 0) is 38.5 Å². The molecule has 0 N–H and O–H groups in total. The summed E-state index contributed by atoms with van der Waals surface area (Å²) in [5.41, 5.74) is -2.45. The first-order chi connectivity index (χ1) is 15.0. The fraction of sp³-hybridized carbons (Fsp3) is 0.292. The average molecular weight is 504 g/mol. The van der Waals surface area contributed by atoms with Crippen LogP contribution in [0.15, 0.2) is 65.2 Å². The molecule has 1 heterocycles. The van der Waals surface area contributed by atoms with Crippen molar-refractivity contribution in [2.24, 2.45) is 0 Å². The Bertz CT molecular complexity index is 1060. The smallest absolute Gasteiger partial charge is 0.421 e. The number of allylic oxidation sites excluding steroid dienone is 1. The molecule has 32 heavy (non-hydrogen) atoms. The first kappa shape index (κ1) is 23.7. The van der Waals surface area contributed by atoms with Crippen molar-refractivity contribution >= 4 is 39.6 Å².